The normalized spacial score (nSPS) is 8.67. The van der Waals surface area contributed by atoms with Gasteiger partial charge in [0.1, 0.15) is 11.6 Å². The minimum absolute atomic E-state index is 0.0768. The number of nitrogens with zero attached hydrogens (tertiary/aromatic N) is 1. The first-order valence-electron chi connectivity index (χ1n) is 3.29. The summed E-state index contributed by atoms with van der Waals surface area (Å²) in [5.41, 5.74) is 2.14. The highest BCUT2D eigenvalue weighted by Crippen LogP contribution is 1.97. The fourth-order valence-electron chi connectivity index (χ4n) is 0.802. The summed E-state index contributed by atoms with van der Waals surface area (Å²) in [5.74, 6) is 5.07. The van der Waals surface area contributed by atoms with Gasteiger partial charge in [-0.05, 0) is 12.1 Å². The Morgan fingerprint density at radius 2 is 2.08 bits per heavy atom. The second-order valence-corrected chi connectivity index (χ2v) is 2.13. The SMILES string of the molecule is N#Cc1ccccc(NN)c1=O. The number of nitriles is 1. The molecule has 3 N–H and O–H groups in total. The highest BCUT2D eigenvalue weighted by molar-refractivity contribution is 5.46. The zero-order valence-electron chi connectivity index (χ0n) is 6.24. The Morgan fingerprint density at radius 1 is 1.42 bits per heavy atom. The molecule has 12 heavy (non-hydrogen) atoms. The number of nitrogens with two attached hydrogens (primary N) is 1. The molecule has 0 saturated heterocycles. The summed E-state index contributed by atoms with van der Waals surface area (Å²) in [6, 6.07) is 7.99. The molecular formula is C8H7N3O. The van der Waals surface area contributed by atoms with Crippen LogP contribution in [0.25, 0.3) is 0 Å². The zero-order chi connectivity index (χ0) is 8.97. The van der Waals surface area contributed by atoms with Gasteiger partial charge in [0.15, 0.2) is 0 Å². The van der Waals surface area contributed by atoms with Crippen molar-refractivity contribution >= 4 is 5.69 Å². The van der Waals surface area contributed by atoms with E-state index in [9.17, 15) is 4.79 Å². The molecule has 0 unspecified atom stereocenters. The van der Waals surface area contributed by atoms with Crippen LogP contribution in [0.15, 0.2) is 29.1 Å². The van der Waals surface area contributed by atoms with E-state index in [2.05, 4.69) is 5.43 Å². The maximum atomic E-state index is 11.3. The van der Waals surface area contributed by atoms with Gasteiger partial charge < -0.3 is 5.43 Å². The lowest BCUT2D eigenvalue weighted by Crippen LogP contribution is -2.16. The average molecular weight is 161 g/mol. The first kappa shape index (κ1) is 8.24. The molecule has 0 aliphatic heterocycles. The first-order valence-corrected chi connectivity index (χ1v) is 3.29. The molecule has 0 heterocycles. The van der Waals surface area contributed by atoms with Crippen LogP contribution in [0, 0.1) is 11.3 Å². The fraction of sp³-hybridized carbons (Fsp3) is 0. The fourth-order valence-corrected chi connectivity index (χ4v) is 0.802. The lowest BCUT2D eigenvalue weighted by molar-refractivity contribution is 1.33. The number of nitrogens with one attached hydrogen (secondary N) is 1. The molecule has 0 radical (unpaired) electrons. The molecule has 1 rings (SSSR count). The van der Waals surface area contributed by atoms with Crippen LogP contribution >= 0.6 is 0 Å². The van der Waals surface area contributed by atoms with Crippen molar-refractivity contribution in [1.29, 1.82) is 5.26 Å². The summed E-state index contributed by atoms with van der Waals surface area (Å²) < 4.78 is 0. The van der Waals surface area contributed by atoms with Gasteiger partial charge in [-0.15, -0.1) is 0 Å². The van der Waals surface area contributed by atoms with E-state index in [0.717, 1.165) is 0 Å². The predicted molar refractivity (Wildman–Crippen MR) is 45.2 cm³/mol. The van der Waals surface area contributed by atoms with Crippen LogP contribution in [-0.4, -0.2) is 0 Å². The molecule has 4 nitrogen and oxygen atoms in total. The van der Waals surface area contributed by atoms with Gasteiger partial charge in [-0.3, -0.25) is 10.6 Å². The lowest BCUT2D eigenvalue weighted by atomic mass is 10.3. The smallest absolute Gasteiger partial charge is 0.220 e. The van der Waals surface area contributed by atoms with Crippen molar-refractivity contribution in [3.63, 3.8) is 0 Å². The van der Waals surface area contributed by atoms with Gasteiger partial charge in [0.2, 0.25) is 5.43 Å². The van der Waals surface area contributed by atoms with Gasteiger partial charge in [0, 0.05) is 0 Å². The predicted octanol–water partition coefficient (Wildman–Crippen LogP) is 0.204. The Labute approximate surface area is 69.2 Å². The molecule has 4 heteroatoms. The molecular weight excluding hydrogens is 154 g/mol. The van der Waals surface area contributed by atoms with Gasteiger partial charge in [0.25, 0.3) is 0 Å². The largest absolute Gasteiger partial charge is 0.321 e. The van der Waals surface area contributed by atoms with Crippen LogP contribution in [0.5, 0.6) is 0 Å². The molecule has 0 saturated carbocycles. The summed E-state index contributed by atoms with van der Waals surface area (Å²) in [7, 11) is 0. The first-order chi connectivity index (χ1) is 5.79. The Kier molecular flexibility index (Phi) is 2.41. The van der Waals surface area contributed by atoms with Crippen molar-refractivity contribution in [3.05, 3.63) is 40.1 Å². The Hall–Kier alpha value is -1.86. The minimum atomic E-state index is -0.384. The molecule has 0 spiro atoms. The van der Waals surface area contributed by atoms with E-state index in [1.165, 1.54) is 12.1 Å². The van der Waals surface area contributed by atoms with Gasteiger partial charge in [-0.25, -0.2) is 0 Å². The zero-order valence-corrected chi connectivity index (χ0v) is 6.24. The van der Waals surface area contributed by atoms with Crippen LogP contribution in [0.3, 0.4) is 0 Å². The van der Waals surface area contributed by atoms with Crippen LogP contribution in [-0.2, 0) is 0 Å². The number of rotatable bonds is 1. The van der Waals surface area contributed by atoms with Crippen molar-refractivity contribution in [2.24, 2.45) is 5.84 Å². The third kappa shape index (κ3) is 1.41. The van der Waals surface area contributed by atoms with Crippen LogP contribution in [0.1, 0.15) is 5.56 Å². The summed E-state index contributed by atoms with van der Waals surface area (Å²) in [6.45, 7) is 0. The average Bonchev–Trinajstić information content (AvgIpc) is 2.27. The van der Waals surface area contributed by atoms with Crippen molar-refractivity contribution in [3.8, 4) is 6.07 Å². The monoisotopic (exact) mass is 161 g/mol. The van der Waals surface area contributed by atoms with E-state index in [1.807, 2.05) is 0 Å². The molecule has 0 amide bonds. The summed E-state index contributed by atoms with van der Waals surface area (Å²) in [6.07, 6.45) is 0. The molecule has 0 aliphatic carbocycles. The van der Waals surface area contributed by atoms with E-state index < -0.39 is 0 Å². The molecule has 0 aromatic heterocycles. The standard InChI is InChI=1S/C8H7N3O/c9-5-6-3-1-2-4-7(11-10)8(6)12/h1-4H,10H2,(H,11,12). The van der Waals surface area contributed by atoms with E-state index in [4.69, 9.17) is 11.1 Å². The third-order valence-electron chi connectivity index (χ3n) is 1.40. The molecule has 60 valence electrons. The van der Waals surface area contributed by atoms with Crippen molar-refractivity contribution < 1.29 is 0 Å². The molecule has 0 bridgehead atoms. The summed E-state index contributed by atoms with van der Waals surface area (Å²) >= 11 is 0. The Balaban J connectivity index is 3.50. The lowest BCUT2D eigenvalue weighted by Gasteiger charge is -1.91. The second-order valence-electron chi connectivity index (χ2n) is 2.13. The topological polar surface area (TPSA) is 78.9 Å². The van der Waals surface area contributed by atoms with Crippen molar-refractivity contribution in [2.75, 3.05) is 5.43 Å². The number of hydrazine groups is 1. The van der Waals surface area contributed by atoms with Crippen molar-refractivity contribution in [2.45, 2.75) is 0 Å². The van der Waals surface area contributed by atoms with Crippen molar-refractivity contribution in [1.82, 2.24) is 0 Å². The minimum Gasteiger partial charge on any atom is -0.321 e. The Morgan fingerprint density at radius 3 is 2.67 bits per heavy atom. The quantitative estimate of drug-likeness (QED) is 0.455. The van der Waals surface area contributed by atoms with E-state index in [0.29, 0.717) is 0 Å². The number of nitrogen functional groups attached to an aromatic ring is 1. The molecule has 0 fully saturated rings. The Bertz CT molecular complexity index is 381. The van der Waals surface area contributed by atoms with E-state index >= 15 is 0 Å². The molecule has 1 aromatic rings. The van der Waals surface area contributed by atoms with Gasteiger partial charge in [-0.2, -0.15) is 5.26 Å². The second kappa shape index (κ2) is 3.51. The van der Waals surface area contributed by atoms with Gasteiger partial charge >= 0.3 is 0 Å². The molecule has 0 aliphatic rings. The van der Waals surface area contributed by atoms with Crippen LogP contribution in [0.2, 0.25) is 0 Å². The maximum Gasteiger partial charge on any atom is 0.220 e. The molecule has 1 aromatic carbocycles. The number of hydrogen-bond donors (Lipinski definition) is 2. The summed E-state index contributed by atoms with van der Waals surface area (Å²) in [5, 5.41) is 8.53. The van der Waals surface area contributed by atoms with Crippen LogP contribution < -0.4 is 16.7 Å². The van der Waals surface area contributed by atoms with E-state index in [-0.39, 0.29) is 16.7 Å². The highest BCUT2D eigenvalue weighted by atomic mass is 16.1. The molecule has 0 atom stereocenters. The van der Waals surface area contributed by atoms with Gasteiger partial charge in [-0.1, -0.05) is 12.1 Å². The maximum absolute atomic E-state index is 11.3. The number of hydrogen-bond acceptors (Lipinski definition) is 4. The van der Waals surface area contributed by atoms with Crippen LogP contribution in [0.4, 0.5) is 5.69 Å². The third-order valence-corrected chi connectivity index (χ3v) is 1.40. The van der Waals surface area contributed by atoms with E-state index in [1.54, 1.807) is 18.2 Å². The number of anilines is 1. The van der Waals surface area contributed by atoms with Gasteiger partial charge in [0.05, 0.1) is 5.69 Å². The summed E-state index contributed by atoms with van der Waals surface area (Å²) in [4.78, 5) is 11.3. The highest BCUT2D eigenvalue weighted by Gasteiger charge is 1.99.